The Morgan fingerprint density at radius 3 is 2.27 bits per heavy atom. The Kier molecular flexibility index (Phi) is 4.88. The van der Waals surface area contributed by atoms with Crippen molar-refractivity contribution in [1.29, 1.82) is 0 Å². The van der Waals surface area contributed by atoms with Crippen LogP contribution in [0.15, 0.2) is 48.5 Å². The number of hydrogen-bond donors (Lipinski definition) is 0. The van der Waals surface area contributed by atoms with Gasteiger partial charge < -0.3 is 4.74 Å². The molecule has 1 atom stereocenters. The number of carbonyl (C=O) groups is 1. The SMILES string of the molecule is Cc1ccc([C@H](C)CC(=O)Oc2ccc([N+](=O)[O-])cc2)cc1. The summed E-state index contributed by atoms with van der Waals surface area (Å²) in [6.45, 7) is 3.97. The Bertz CT molecular complexity index is 662. The summed E-state index contributed by atoms with van der Waals surface area (Å²) in [6, 6.07) is 13.5. The molecule has 0 N–H and O–H groups in total. The molecule has 2 aromatic rings. The predicted molar refractivity (Wildman–Crippen MR) is 82.9 cm³/mol. The van der Waals surface area contributed by atoms with Crippen molar-refractivity contribution in [1.82, 2.24) is 0 Å². The van der Waals surface area contributed by atoms with Crippen molar-refractivity contribution in [3.63, 3.8) is 0 Å². The summed E-state index contributed by atoms with van der Waals surface area (Å²) in [7, 11) is 0. The maximum atomic E-state index is 11.9. The molecule has 2 rings (SSSR count). The second-order valence-electron chi connectivity index (χ2n) is 5.24. The van der Waals surface area contributed by atoms with E-state index in [1.807, 2.05) is 38.1 Å². The van der Waals surface area contributed by atoms with Gasteiger partial charge in [0, 0.05) is 12.1 Å². The highest BCUT2D eigenvalue weighted by molar-refractivity contribution is 5.73. The van der Waals surface area contributed by atoms with Gasteiger partial charge in [-0.2, -0.15) is 0 Å². The summed E-state index contributed by atoms with van der Waals surface area (Å²) >= 11 is 0. The largest absolute Gasteiger partial charge is 0.427 e. The van der Waals surface area contributed by atoms with Crippen LogP contribution >= 0.6 is 0 Å². The third-order valence-electron chi connectivity index (χ3n) is 3.40. The maximum Gasteiger partial charge on any atom is 0.311 e. The molecular weight excluding hydrogens is 282 g/mol. The Morgan fingerprint density at radius 1 is 1.14 bits per heavy atom. The molecular formula is C17H17NO4. The highest BCUT2D eigenvalue weighted by Gasteiger charge is 2.14. The van der Waals surface area contributed by atoms with Gasteiger partial charge in [-0.15, -0.1) is 0 Å². The van der Waals surface area contributed by atoms with Crippen LogP contribution in [0.2, 0.25) is 0 Å². The zero-order valence-electron chi connectivity index (χ0n) is 12.5. The number of esters is 1. The maximum absolute atomic E-state index is 11.9. The molecule has 0 saturated carbocycles. The zero-order chi connectivity index (χ0) is 16.1. The summed E-state index contributed by atoms with van der Waals surface area (Å²) in [5.74, 6) is -0.000201. The van der Waals surface area contributed by atoms with Gasteiger partial charge in [-0.3, -0.25) is 14.9 Å². The monoisotopic (exact) mass is 299 g/mol. The van der Waals surface area contributed by atoms with Gasteiger partial charge >= 0.3 is 5.97 Å². The van der Waals surface area contributed by atoms with Crippen LogP contribution in [0.1, 0.15) is 30.4 Å². The van der Waals surface area contributed by atoms with E-state index < -0.39 is 4.92 Å². The van der Waals surface area contributed by atoms with Gasteiger partial charge in [-0.1, -0.05) is 36.8 Å². The Balaban J connectivity index is 1.94. The van der Waals surface area contributed by atoms with Crippen molar-refractivity contribution < 1.29 is 14.5 Å². The van der Waals surface area contributed by atoms with E-state index in [1.165, 1.54) is 29.8 Å². The quantitative estimate of drug-likeness (QED) is 0.362. The summed E-state index contributed by atoms with van der Waals surface area (Å²) in [5.41, 5.74) is 2.21. The summed E-state index contributed by atoms with van der Waals surface area (Å²) in [5, 5.41) is 10.6. The highest BCUT2D eigenvalue weighted by atomic mass is 16.6. The number of rotatable bonds is 5. The number of nitrogens with zero attached hydrogens (tertiary/aromatic N) is 1. The van der Waals surface area contributed by atoms with Crippen LogP contribution < -0.4 is 4.74 Å². The van der Waals surface area contributed by atoms with E-state index in [9.17, 15) is 14.9 Å². The fraction of sp³-hybridized carbons (Fsp3) is 0.235. The number of benzene rings is 2. The summed E-state index contributed by atoms with van der Waals surface area (Å²) in [6.07, 6.45) is 0.250. The van der Waals surface area contributed by atoms with Crippen LogP contribution in [0, 0.1) is 17.0 Å². The lowest BCUT2D eigenvalue weighted by molar-refractivity contribution is -0.384. The van der Waals surface area contributed by atoms with Gasteiger partial charge in [0.1, 0.15) is 5.75 Å². The third kappa shape index (κ3) is 4.15. The summed E-state index contributed by atoms with van der Waals surface area (Å²) in [4.78, 5) is 22.0. The van der Waals surface area contributed by atoms with Gasteiger partial charge in [-0.05, 0) is 30.5 Å². The van der Waals surface area contributed by atoms with Gasteiger partial charge in [0.05, 0.1) is 11.3 Å². The Hall–Kier alpha value is -2.69. The second-order valence-corrected chi connectivity index (χ2v) is 5.24. The topological polar surface area (TPSA) is 69.4 Å². The van der Waals surface area contributed by atoms with E-state index >= 15 is 0 Å². The van der Waals surface area contributed by atoms with Crippen molar-refractivity contribution in [3.8, 4) is 5.75 Å². The molecule has 0 fully saturated rings. The van der Waals surface area contributed by atoms with Crippen LogP contribution in [0.3, 0.4) is 0 Å². The molecule has 0 radical (unpaired) electrons. The minimum Gasteiger partial charge on any atom is -0.427 e. The van der Waals surface area contributed by atoms with Gasteiger partial charge in [0.2, 0.25) is 0 Å². The third-order valence-corrected chi connectivity index (χ3v) is 3.40. The van der Waals surface area contributed by atoms with Crippen LogP contribution in [0.4, 0.5) is 5.69 Å². The lowest BCUT2D eigenvalue weighted by Crippen LogP contribution is -2.11. The summed E-state index contributed by atoms with van der Waals surface area (Å²) < 4.78 is 5.20. The molecule has 0 spiro atoms. The van der Waals surface area contributed by atoms with E-state index in [1.54, 1.807) is 0 Å². The number of nitro groups is 1. The molecule has 5 nitrogen and oxygen atoms in total. The average molecular weight is 299 g/mol. The Morgan fingerprint density at radius 2 is 1.73 bits per heavy atom. The van der Waals surface area contributed by atoms with E-state index in [0.717, 1.165) is 5.56 Å². The first-order valence-corrected chi connectivity index (χ1v) is 6.97. The molecule has 0 heterocycles. The molecule has 0 aliphatic carbocycles. The molecule has 0 saturated heterocycles. The Labute approximate surface area is 128 Å². The predicted octanol–water partition coefficient (Wildman–Crippen LogP) is 4.00. The lowest BCUT2D eigenvalue weighted by atomic mass is 9.97. The zero-order valence-corrected chi connectivity index (χ0v) is 12.5. The van der Waals surface area contributed by atoms with E-state index in [0.29, 0.717) is 5.75 Å². The van der Waals surface area contributed by atoms with Gasteiger partial charge in [0.25, 0.3) is 5.69 Å². The average Bonchev–Trinajstić information content (AvgIpc) is 2.48. The normalized spacial score (nSPS) is 11.7. The van der Waals surface area contributed by atoms with E-state index in [4.69, 9.17) is 4.74 Å². The van der Waals surface area contributed by atoms with Crippen molar-refractivity contribution in [3.05, 3.63) is 69.8 Å². The number of nitro benzene ring substituents is 1. The van der Waals surface area contributed by atoms with E-state index in [-0.39, 0.29) is 24.0 Å². The van der Waals surface area contributed by atoms with Crippen molar-refractivity contribution in [2.75, 3.05) is 0 Å². The fourth-order valence-corrected chi connectivity index (χ4v) is 2.07. The van der Waals surface area contributed by atoms with Crippen LogP contribution in [-0.2, 0) is 4.79 Å². The number of non-ortho nitro benzene ring substituents is 1. The number of aryl methyl sites for hydroxylation is 1. The second kappa shape index (κ2) is 6.85. The van der Waals surface area contributed by atoms with Crippen LogP contribution in [0.25, 0.3) is 0 Å². The number of ether oxygens (including phenoxy) is 1. The van der Waals surface area contributed by atoms with Crippen LogP contribution in [-0.4, -0.2) is 10.9 Å². The number of hydrogen-bond acceptors (Lipinski definition) is 4. The smallest absolute Gasteiger partial charge is 0.311 e. The first kappa shape index (κ1) is 15.7. The van der Waals surface area contributed by atoms with Gasteiger partial charge in [-0.25, -0.2) is 0 Å². The molecule has 0 bridgehead atoms. The first-order valence-electron chi connectivity index (χ1n) is 6.97. The van der Waals surface area contributed by atoms with Crippen molar-refractivity contribution in [2.45, 2.75) is 26.2 Å². The molecule has 0 unspecified atom stereocenters. The molecule has 0 aliphatic rings. The van der Waals surface area contributed by atoms with Crippen molar-refractivity contribution in [2.24, 2.45) is 0 Å². The number of carbonyl (C=O) groups excluding carboxylic acids is 1. The highest BCUT2D eigenvalue weighted by Crippen LogP contribution is 2.22. The van der Waals surface area contributed by atoms with Gasteiger partial charge in [0.15, 0.2) is 0 Å². The first-order chi connectivity index (χ1) is 10.5. The minimum atomic E-state index is -0.495. The van der Waals surface area contributed by atoms with Crippen LogP contribution in [0.5, 0.6) is 5.75 Å². The molecule has 114 valence electrons. The standard InChI is InChI=1S/C17H17NO4/c1-12-3-5-14(6-4-12)13(2)11-17(19)22-16-9-7-15(8-10-16)18(20)21/h3-10,13H,11H2,1-2H3/t13-/m1/s1. The molecule has 2 aromatic carbocycles. The minimum absolute atomic E-state index is 0.0344. The van der Waals surface area contributed by atoms with Crippen molar-refractivity contribution >= 4 is 11.7 Å². The van der Waals surface area contributed by atoms with E-state index in [2.05, 4.69) is 0 Å². The lowest BCUT2D eigenvalue weighted by Gasteiger charge is -2.11. The molecule has 22 heavy (non-hydrogen) atoms. The molecule has 5 heteroatoms. The molecule has 0 aromatic heterocycles. The fourth-order valence-electron chi connectivity index (χ4n) is 2.07. The molecule has 0 aliphatic heterocycles. The molecule has 0 amide bonds.